The van der Waals surface area contributed by atoms with Crippen molar-refractivity contribution in [3.05, 3.63) is 69.8 Å². The van der Waals surface area contributed by atoms with Gasteiger partial charge in [0.1, 0.15) is 11.6 Å². The highest BCUT2D eigenvalue weighted by molar-refractivity contribution is 5.78. The van der Waals surface area contributed by atoms with E-state index in [1.54, 1.807) is 6.07 Å². The van der Waals surface area contributed by atoms with Crippen LogP contribution in [0.2, 0.25) is 0 Å². The minimum absolute atomic E-state index is 0.0785. The first-order valence-electron chi connectivity index (χ1n) is 15.0. The Kier molecular flexibility index (Phi) is 8.90. The molecular formula is C32H46N6O2. The Morgan fingerprint density at radius 3 is 2.45 bits per heavy atom. The van der Waals surface area contributed by atoms with Crippen LogP contribution in [0.3, 0.4) is 0 Å². The summed E-state index contributed by atoms with van der Waals surface area (Å²) in [7, 11) is 4.27. The standard InChI is InChI=1S/C32H46N6O2/c1-5-8-29(37-19-15-33-16-20-37)30-34-28-12-11-24(21-27(28)31(40)38(30)6-2)23-36-17-13-32(14-18-36,35(3)4)25-9-7-10-26(39)22-25/h7,9-12,21-22,29,33,39H,5-6,8,13-20,23H2,1-4H3. The first kappa shape index (κ1) is 28.7. The minimum atomic E-state index is -0.0900. The van der Waals surface area contributed by atoms with E-state index in [4.69, 9.17) is 4.98 Å². The molecule has 0 saturated carbocycles. The first-order valence-corrected chi connectivity index (χ1v) is 15.0. The Hall–Kier alpha value is -2.78. The molecule has 5 rings (SSSR count). The molecule has 8 heteroatoms. The van der Waals surface area contributed by atoms with E-state index in [1.165, 1.54) is 5.56 Å². The predicted octanol–water partition coefficient (Wildman–Crippen LogP) is 3.92. The van der Waals surface area contributed by atoms with E-state index in [1.807, 2.05) is 16.7 Å². The summed E-state index contributed by atoms with van der Waals surface area (Å²) >= 11 is 0. The summed E-state index contributed by atoms with van der Waals surface area (Å²) in [4.78, 5) is 26.2. The maximum atomic E-state index is 13.8. The number of fused-ring (bicyclic) bond motifs is 1. The van der Waals surface area contributed by atoms with Crippen LogP contribution in [0.1, 0.15) is 62.5 Å². The van der Waals surface area contributed by atoms with E-state index in [-0.39, 0.29) is 17.1 Å². The monoisotopic (exact) mass is 546 g/mol. The van der Waals surface area contributed by atoms with Gasteiger partial charge in [-0.3, -0.25) is 24.1 Å². The molecule has 2 N–H and O–H groups in total. The van der Waals surface area contributed by atoms with E-state index >= 15 is 0 Å². The average Bonchev–Trinajstić information content (AvgIpc) is 2.97. The second kappa shape index (κ2) is 12.4. The number of nitrogens with one attached hydrogen (secondary N) is 1. The number of hydrogen-bond acceptors (Lipinski definition) is 7. The van der Waals surface area contributed by atoms with Crippen molar-refractivity contribution >= 4 is 10.9 Å². The van der Waals surface area contributed by atoms with Gasteiger partial charge < -0.3 is 10.4 Å². The normalized spacial score (nSPS) is 19.3. The highest BCUT2D eigenvalue weighted by Gasteiger charge is 2.38. The molecule has 0 amide bonds. The molecule has 2 aliphatic heterocycles. The van der Waals surface area contributed by atoms with Crippen molar-refractivity contribution in [1.82, 2.24) is 29.6 Å². The number of benzene rings is 2. The minimum Gasteiger partial charge on any atom is -0.508 e. The molecule has 0 bridgehead atoms. The van der Waals surface area contributed by atoms with Gasteiger partial charge in [-0.15, -0.1) is 0 Å². The maximum absolute atomic E-state index is 13.8. The Morgan fingerprint density at radius 2 is 1.80 bits per heavy atom. The molecule has 2 aromatic carbocycles. The molecular weight excluding hydrogens is 500 g/mol. The van der Waals surface area contributed by atoms with Crippen molar-refractivity contribution in [2.24, 2.45) is 0 Å². The van der Waals surface area contributed by atoms with Gasteiger partial charge in [0.2, 0.25) is 0 Å². The quantitative estimate of drug-likeness (QED) is 0.421. The summed E-state index contributed by atoms with van der Waals surface area (Å²) in [5, 5.41) is 14.3. The number of piperidine rings is 1. The largest absolute Gasteiger partial charge is 0.508 e. The second-order valence-corrected chi connectivity index (χ2v) is 11.7. The van der Waals surface area contributed by atoms with Crippen molar-refractivity contribution in [2.45, 2.75) is 64.2 Å². The van der Waals surface area contributed by atoms with Gasteiger partial charge in [-0.2, -0.15) is 0 Å². The van der Waals surface area contributed by atoms with E-state index in [9.17, 15) is 9.90 Å². The van der Waals surface area contributed by atoms with Crippen LogP contribution in [0, 0.1) is 0 Å². The lowest BCUT2D eigenvalue weighted by molar-refractivity contribution is 0.0506. The van der Waals surface area contributed by atoms with Gasteiger partial charge >= 0.3 is 0 Å². The fourth-order valence-electron chi connectivity index (χ4n) is 6.81. The maximum Gasteiger partial charge on any atom is 0.261 e. The van der Waals surface area contributed by atoms with Crippen LogP contribution in [0.5, 0.6) is 5.75 Å². The number of hydrogen-bond donors (Lipinski definition) is 2. The van der Waals surface area contributed by atoms with E-state index < -0.39 is 0 Å². The predicted molar refractivity (Wildman–Crippen MR) is 162 cm³/mol. The lowest BCUT2D eigenvalue weighted by Crippen LogP contribution is -2.50. The zero-order valence-corrected chi connectivity index (χ0v) is 24.7. The third kappa shape index (κ3) is 5.68. The topological polar surface area (TPSA) is 76.9 Å². The molecule has 0 radical (unpaired) electrons. The number of phenolic OH excluding ortho intramolecular Hbond substituents is 1. The van der Waals surface area contributed by atoms with Gasteiger partial charge in [0.05, 0.1) is 16.9 Å². The summed E-state index contributed by atoms with van der Waals surface area (Å²) in [6, 6.07) is 14.2. The zero-order valence-electron chi connectivity index (χ0n) is 24.7. The van der Waals surface area contributed by atoms with Crippen LogP contribution in [0.15, 0.2) is 47.3 Å². The Balaban J connectivity index is 1.37. The number of piperazine rings is 1. The number of aromatic hydroxyl groups is 1. The highest BCUT2D eigenvalue weighted by atomic mass is 16.3. The molecule has 40 heavy (non-hydrogen) atoms. The molecule has 2 saturated heterocycles. The van der Waals surface area contributed by atoms with Crippen molar-refractivity contribution in [3.63, 3.8) is 0 Å². The van der Waals surface area contributed by atoms with Gasteiger partial charge in [-0.1, -0.05) is 31.5 Å². The molecule has 0 spiro atoms. The third-order valence-electron chi connectivity index (χ3n) is 9.15. The fourth-order valence-corrected chi connectivity index (χ4v) is 6.81. The smallest absolute Gasteiger partial charge is 0.261 e. The number of aromatic nitrogens is 2. The molecule has 0 aliphatic carbocycles. The van der Waals surface area contributed by atoms with Crippen molar-refractivity contribution in [1.29, 1.82) is 0 Å². The van der Waals surface area contributed by atoms with Gasteiger partial charge in [-0.25, -0.2) is 4.98 Å². The Labute approximate surface area is 238 Å². The molecule has 216 valence electrons. The Morgan fingerprint density at radius 1 is 1.05 bits per heavy atom. The summed E-state index contributed by atoms with van der Waals surface area (Å²) in [5.41, 5.74) is 3.12. The molecule has 2 fully saturated rings. The molecule has 8 nitrogen and oxygen atoms in total. The van der Waals surface area contributed by atoms with Crippen molar-refractivity contribution in [2.75, 3.05) is 53.4 Å². The highest BCUT2D eigenvalue weighted by Crippen LogP contribution is 2.39. The molecule has 2 aliphatic rings. The second-order valence-electron chi connectivity index (χ2n) is 11.7. The summed E-state index contributed by atoms with van der Waals surface area (Å²) in [6.45, 7) is 11.5. The molecule has 3 aromatic rings. The average molecular weight is 547 g/mol. The number of rotatable bonds is 9. The van der Waals surface area contributed by atoms with Crippen LogP contribution in [-0.2, 0) is 18.6 Å². The van der Waals surface area contributed by atoms with E-state index in [2.05, 4.69) is 72.2 Å². The number of likely N-dealkylation sites (tertiary alicyclic amines) is 1. The fraction of sp³-hybridized carbons (Fsp3) is 0.562. The van der Waals surface area contributed by atoms with Crippen LogP contribution >= 0.6 is 0 Å². The molecule has 3 heterocycles. The summed E-state index contributed by atoms with van der Waals surface area (Å²) in [5.74, 6) is 1.24. The van der Waals surface area contributed by atoms with Gasteiger partial charge in [0, 0.05) is 57.9 Å². The van der Waals surface area contributed by atoms with Crippen LogP contribution in [0.25, 0.3) is 10.9 Å². The summed E-state index contributed by atoms with van der Waals surface area (Å²) in [6.07, 6.45) is 4.02. The third-order valence-corrected chi connectivity index (χ3v) is 9.15. The Bertz CT molecular complexity index is 1360. The van der Waals surface area contributed by atoms with E-state index in [0.717, 1.165) is 93.8 Å². The van der Waals surface area contributed by atoms with Crippen LogP contribution in [-0.4, -0.2) is 82.7 Å². The zero-order chi connectivity index (χ0) is 28.3. The lowest BCUT2D eigenvalue weighted by atomic mass is 9.79. The SMILES string of the molecule is CCCC(c1nc2ccc(CN3CCC(c4cccc(O)c4)(N(C)C)CC3)cc2c(=O)n1CC)N1CCNCC1. The van der Waals surface area contributed by atoms with Crippen LogP contribution in [0.4, 0.5) is 0 Å². The number of nitrogens with zero attached hydrogens (tertiary/aromatic N) is 5. The first-order chi connectivity index (χ1) is 19.4. The molecule has 1 unspecified atom stereocenters. The van der Waals surface area contributed by atoms with Crippen molar-refractivity contribution in [3.8, 4) is 5.75 Å². The van der Waals surface area contributed by atoms with Gasteiger partial charge in [-0.05, 0) is 75.7 Å². The van der Waals surface area contributed by atoms with Crippen molar-refractivity contribution < 1.29 is 5.11 Å². The summed E-state index contributed by atoms with van der Waals surface area (Å²) < 4.78 is 1.91. The lowest BCUT2D eigenvalue weighted by Gasteiger charge is -2.46. The molecule has 1 atom stereocenters. The molecule has 1 aromatic heterocycles. The van der Waals surface area contributed by atoms with E-state index in [0.29, 0.717) is 12.3 Å². The van der Waals surface area contributed by atoms with Gasteiger partial charge in [0.25, 0.3) is 5.56 Å². The van der Waals surface area contributed by atoms with Crippen LogP contribution < -0.4 is 10.9 Å². The van der Waals surface area contributed by atoms with Gasteiger partial charge in [0.15, 0.2) is 0 Å². The number of phenols is 1.